The van der Waals surface area contributed by atoms with Crippen LogP contribution >= 0.6 is 11.3 Å². The number of fused-ring (bicyclic) bond motifs is 8. The molecule has 2 heterocycles. The Kier molecular flexibility index (Phi) is 6.39. The van der Waals surface area contributed by atoms with Gasteiger partial charge in [0.2, 0.25) is 0 Å². The van der Waals surface area contributed by atoms with Crippen LogP contribution in [0.1, 0.15) is 0 Å². The molecule has 0 aliphatic rings. The molecule has 0 amide bonds. The van der Waals surface area contributed by atoms with Crippen molar-refractivity contribution in [2.45, 2.75) is 0 Å². The van der Waals surface area contributed by atoms with Gasteiger partial charge in [-0.25, -0.2) is 0 Å². The Morgan fingerprint density at radius 1 is 0.429 bits per heavy atom. The van der Waals surface area contributed by atoms with Crippen LogP contribution in [0.3, 0.4) is 0 Å². The average Bonchev–Trinajstić information content (AvgIpc) is 3.71. The Bertz CT molecular complexity index is 2810. The minimum absolute atomic E-state index is 1.13. The van der Waals surface area contributed by atoms with E-state index in [0.717, 1.165) is 11.4 Å². The summed E-state index contributed by atoms with van der Waals surface area (Å²) < 4.78 is 5.05. The molecule has 0 aliphatic heterocycles. The van der Waals surface area contributed by atoms with Gasteiger partial charge in [-0.2, -0.15) is 0 Å². The summed E-state index contributed by atoms with van der Waals surface area (Å²) in [6, 6.07) is 66.1. The van der Waals surface area contributed by atoms with Gasteiger partial charge in [-0.1, -0.05) is 115 Å². The molecule has 3 heteroatoms. The van der Waals surface area contributed by atoms with Crippen molar-refractivity contribution in [3.63, 3.8) is 0 Å². The number of rotatable bonds is 5. The lowest BCUT2D eigenvalue weighted by atomic mass is 10.0. The molecule has 2 nitrogen and oxygen atoms in total. The van der Waals surface area contributed by atoms with E-state index in [1.165, 1.54) is 75.3 Å². The van der Waals surface area contributed by atoms with E-state index in [4.69, 9.17) is 0 Å². The molecule has 0 atom stereocenters. The van der Waals surface area contributed by atoms with Crippen LogP contribution in [-0.2, 0) is 0 Å². The Morgan fingerprint density at radius 3 is 1.98 bits per heavy atom. The van der Waals surface area contributed by atoms with Gasteiger partial charge in [0.05, 0.1) is 16.7 Å². The topological polar surface area (TPSA) is 8.17 Å². The summed E-state index contributed by atoms with van der Waals surface area (Å²) in [5.74, 6) is 0. The molecule has 0 spiro atoms. The number of hydrogen-bond donors (Lipinski definition) is 0. The zero-order valence-corrected chi connectivity index (χ0v) is 27.4. The zero-order chi connectivity index (χ0) is 32.3. The Morgan fingerprint density at radius 2 is 1.14 bits per heavy atom. The molecule has 8 aromatic carbocycles. The molecule has 0 N–H and O–H groups in total. The number of hydrogen-bond acceptors (Lipinski definition) is 2. The molecule has 49 heavy (non-hydrogen) atoms. The van der Waals surface area contributed by atoms with Gasteiger partial charge in [-0.15, -0.1) is 11.3 Å². The lowest BCUT2D eigenvalue weighted by Gasteiger charge is -2.27. The van der Waals surface area contributed by atoms with E-state index in [-0.39, 0.29) is 0 Å². The van der Waals surface area contributed by atoms with E-state index < -0.39 is 0 Å². The van der Waals surface area contributed by atoms with Crippen molar-refractivity contribution in [3.8, 4) is 16.8 Å². The van der Waals surface area contributed by atoms with E-state index in [1.807, 2.05) is 11.3 Å². The molecule has 10 rings (SSSR count). The lowest BCUT2D eigenvalue weighted by molar-refractivity contribution is 1.19. The second-order valence-electron chi connectivity index (χ2n) is 12.6. The predicted molar refractivity (Wildman–Crippen MR) is 211 cm³/mol. The van der Waals surface area contributed by atoms with E-state index in [2.05, 4.69) is 191 Å². The third-order valence-corrected chi connectivity index (χ3v) is 10.9. The fraction of sp³-hybridized carbons (Fsp3) is 0. The summed E-state index contributed by atoms with van der Waals surface area (Å²) in [5, 5.41) is 7.55. The van der Waals surface area contributed by atoms with Crippen LogP contribution in [0.15, 0.2) is 182 Å². The second-order valence-corrected chi connectivity index (χ2v) is 13.6. The van der Waals surface area contributed by atoms with E-state index in [0.29, 0.717) is 0 Å². The predicted octanol–water partition coefficient (Wildman–Crippen LogP) is 13.4. The van der Waals surface area contributed by atoms with Crippen molar-refractivity contribution in [2.24, 2.45) is 0 Å². The third-order valence-electron chi connectivity index (χ3n) is 9.74. The molecule has 0 fully saturated rings. The highest BCUT2D eigenvalue weighted by molar-refractivity contribution is 7.26. The van der Waals surface area contributed by atoms with Crippen molar-refractivity contribution in [1.29, 1.82) is 0 Å². The Labute approximate surface area is 288 Å². The number of thiophene rings is 1. The first-order chi connectivity index (χ1) is 24.3. The van der Waals surface area contributed by atoms with Crippen LogP contribution in [0.2, 0.25) is 0 Å². The summed E-state index contributed by atoms with van der Waals surface area (Å²) in [6.07, 6.45) is 0. The molecule has 0 radical (unpaired) electrons. The highest BCUT2D eigenvalue weighted by atomic mass is 32.1. The minimum Gasteiger partial charge on any atom is -0.310 e. The van der Waals surface area contributed by atoms with Crippen LogP contribution < -0.4 is 4.90 Å². The molecular formula is C46H30N2S. The van der Waals surface area contributed by atoms with Crippen molar-refractivity contribution >= 4 is 81.1 Å². The smallest absolute Gasteiger partial charge is 0.0634 e. The molecule has 10 aromatic rings. The van der Waals surface area contributed by atoms with Gasteiger partial charge < -0.3 is 9.47 Å². The average molecular weight is 643 g/mol. The zero-order valence-electron chi connectivity index (χ0n) is 26.6. The maximum absolute atomic E-state index is 2.47. The first-order valence-corrected chi connectivity index (χ1v) is 17.5. The van der Waals surface area contributed by atoms with Crippen molar-refractivity contribution < 1.29 is 0 Å². The Balaban J connectivity index is 1.29. The quantitative estimate of drug-likeness (QED) is 0.181. The minimum atomic E-state index is 1.13. The summed E-state index contributed by atoms with van der Waals surface area (Å²) in [4.78, 5) is 2.41. The molecule has 0 saturated heterocycles. The highest BCUT2D eigenvalue weighted by Gasteiger charge is 2.21. The largest absolute Gasteiger partial charge is 0.310 e. The molecular weight excluding hydrogens is 613 g/mol. The van der Waals surface area contributed by atoms with Crippen LogP contribution in [0.4, 0.5) is 17.1 Å². The number of benzene rings is 8. The normalized spacial score (nSPS) is 11.7. The molecule has 0 bridgehead atoms. The van der Waals surface area contributed by atoms with Crippen LogP contribution in [0.5, 0.6) is 0 Å². The maximum Gasteiger partial charge on any atom is 0.0634 e. The first-order valence-electron chi connectivity index (χ1n) is 16.7. The molecule has 0 saturated carbocycles. The SMILES string of the molecule is c1ccc(-c2ccc3c(c2)c2ccc4sc5ccc(N(c6ccccc6)c6cccc7ccccc67)cc5c4c2n3-c2ccccc2)cc1. The molecule has 0 aliphatic carbocycles. The van der Waals surface area contributed by atoms with Gasteiger partial charge in [-0.05, 0) is 83.2 Å². The third kappa shape index (κ3) is 4.47. The van der Waals surface area contributed by atoms with Gasteiger partial charge in [0.15, 0.2) is 0 Å². The second kappa shape index (κ2) is 11.2. The number of para-hydroxylation sites is 2. The van der Waals surface area contributed by atoms with Crippen LogP contribution in [-0.4, -0.2) is 4.57 Å². The monoisotopic (exact) mass is 642 g/mol. The van der Waals surface area contributed by atoms with Crippen molar-refractivity contribution in [3.05, 3.63) is 182 Å². The number of aromatic nitrogens is 1. The van der Waals surface area contributed by atoms with E-state index in [9.17, 15) is 0 Å². The van der Waals surface area contributed by atoms with Gasteiger partial charge in [0.25, 0.3) is 0 Å². The molecule has 230 valence electrons. The van der Waals surface area contributed by atoms with Crippen LogP contribution in [0.25, 0.3) is 69.6 Å². The maximum atomic E-state index is 2.47. The van der Waals surface area contributed by atoms with Crippen LogP contribution in [0, 0.1) is 0 Å². The van der Waals surface area contributed by atoms with Gasteiger partial charge >= 0.3 is 0 Å². The summed E-state index contributed by atoms with van der Waals surface area (Å²) >= 11 is 1.87. The van der Waals surface area contributed by atoms with Gasteiger partial charge in [0, 0.05) is 53.4 Å². The standard InChI is InChI=1S/C46H30N2S/c1-4-13-31(14-5-1)33-23-26-42-39(29-33)38-25-28-44-45(46(38)48(42)35-19-8-3-9-20-35)40-30-36(24-27-43(40)49-44)47(34-17-6-2-7-18-34)41-22-12-16-32-15-10-11-21-37(32)41/h1-30H. The van der Waals surface area contributed by atoms with E-state index in [1.54, 1.807) is 0 Å². The molecule has 2 aromatic heterocycles. The summed E-state index contributed by atoms with van der Waals surface area (Å²) in [7, 11) is 0. The van der Waals surface area contributed by atoms with Crippen molar-refractivity contribution in [1.82, 2.24) is 4.57 Å². The first kappa shape index (κ1) is 27.9. The fourth-order valence-corrected chi connectivity index (χ4v) is 8.65. The van der Waals surface area contributed by atoms with Gasteiger partial charge in [0.1, 0.15) is 0 Å². The Hall–Kier alpha value is -6.16. The molecule has 0 unspecified atom stereocenters. The summed E-state index contributed by atoms with van der Waals surface area (Å²) in [6.45, 7) is 0. The fourth-order valence-electron chi connectivity index (χ4n) is 7.56. The highest BCUT2D eigenvalue weighted by Crippen LogP contribution is 2.46. The number of anilines is 3. The van der Waals surface area contributed by atoms with Gasteiger partial charge in [-0.3, -0.25) is 0 Å². The van der Waals surface area contributed by atoms with Crippen molar-refractivity contribution in [2.75, 3.05) is 4.90 Å². The van der Waals surface area contributed by atoms with E-state index >= 15 is 0 Å². The summed E-state index contributed by atoms with van der Waals surface area (Å²) in [5.41, 5.74) is 9.53. The lowest BCUT2D eigenvalue weighted by Crippen LogP contribution is -2.10. The number of nitrogens with zero attached hydrogens (tertiary/aromatic N) is 2.